The largest absolute Gasteiger partial charge is 0.423 e. The Balaban J connectivity index is 1.58. The minimum Gasteiger partial charge on any atom is -0.423 e. The van der Waals surface area contributed by atoms with Gasteiger partial charge >= 0.3 is 17.8 Å². The smallest absolute Gasteiger partial charge is 0.345 e. The van der Waals surface area contributed by atoms with Gasteiger partial charge in [-0.2, -0.15) is 5.10 Å². The summed E-state index contributed by atoms with van der Waals surface area (Å²) >= 11 is 11.9. The van der Waals surface area contributed by atoms with Crippen molar-refractivity contribution in [3.63, 3.8) is 0 Å². The van der Waals surface area contributed by atoms with E-state index in [0.29, 0.717) is 16.3 Å². The Morgan fingerprint density at radius 1 is 0.839 bits per heavy atom. The summed E-state index contributed by atoms with van der Waals surface area (Å²) in [7, 11) is 0. The molecule has 0 aromatic heterocycles. The van der Waals surface area contributed by atoms with Crippen LogP contribution in [-0.4, -0.2) is 24.0 Å². The first kappa shape index (κ1) is 22.0. The van der Waals surface area contributed by atoms with Crippen LogP contribution in [0.5, 0.6) is 5.75 Å². The van der Waals surface area contributed by atoms with Crippen molar-refractivity contribution in [3.8, 4) is 5.75 Å². The highest BCUT2D eigenvalue weighted by atomic mass is 35.5. The van der Waals surface area contributed by atoms with E-state index in [9.17, 15) is 14.4 Å². The zero-order valence-electron chi connectivity index (χ0n) is 15.8. The summed E-state index contributed by atoms with van der Waals surface area (Å²) in [6.45, 7) is 0. The van der Waals surface area contributed by atoms with E-state index in [2.05, 4.69) is 15.8 Å². The molecule has 0 bridgehead atoms. The van der Waals surface area contributed by atoms with Gasteiger partial charge in [0.15, 0.2) is 0 Å². The van der Waals surface area contributed by atoms with E-state index < -0.39 is 17.8 Å². The number of rotatable bonds is 5. The Labute approximate surface area is 187 Å². The Morgan fingerprint density at radius 3 is 2.29 bits per heavy atom. The third-order valence-corrected chi connectivity index (χ3v) is 4.53. The number of hydrazone groups is 1. The standard InChI is InChI=1S/C22H15Cl2N3O4/c23-17-9-2-1-8-16(17)22(30)31-15-7-5-6-14(12-15)13-25-27-21(29)20(28)26-19-11-4-3-10-18(19)24/h1-13H,(H,26,28)(H,27,29)/b25-13+. The minimum atomic E-state index is -0.975. The third kappa shape index (κ3) is 6.15. The number of halogens is 2. The fourth-order valence-corrected chi connectivity index (χ4v) is 2.80. The monoisotopic (exact) mass is 455 g/mol. The van der Waals surface area contributed by atoms with Crippen molar-refractivity contribution in [3.05, 3.63) is 94.0 Å². The maximum absolute atomic E-state index is 12.2. The van der Waals surface area contributed by atoms with E-state index in [1.165, 1.54) is 12.3 Å². The highest BCUT2D eigenvalue weighted by Gasteiger charge is 2.14. The van der Waals surface area contributed by atoms with E-state index in [1.807, 2.05) is 0 Å². The first-order valence-electron chi connectivity index (χ1n) is 8.90. The van der Waals surface area contributed by atoms with Gasteiger partial charge in [-0.25, -0.2) is 10.2 Å². The zero-order chi connectivity index (χ0) is 22.2. The Morgan fingerprint density at radius 2 is 1.55 bits per heavy atom. The van der Waals surface area contributed by atoms with Gasteiger partial charge in [-0.1, -0.05) is 59.6 Å². The van der Waals surface area contributed by atoms with E-state index >= 15 is 0 Å². The summed E-state index contributed by atoms with van der Waals surface area (Å²) in [6, 6.07) is 19.5. The zero-order valence-corrected chi connectivity index (χ0v) is 17.4. The number of carbonyl (C=O) groups excluding carboxylic acids is 3. The van der Waals surface area contributed by atoms with Gasteiger partial charge < -0.3 is 10.1 Å². The predicted octanol–water partition coefficient (Wildman–Crippen LogP) is 4.30. The number of nitrogens with zero attached hydrogens (tertiary/aromatic N) is 1. The first-order valence-corrected chi connectivity index (χ1v) is 9.65. The molecule has 0 spiro atoms. The highest BCUT2D eigenvalue weighted by molar-refractivity contribution is 6.41. The number of nitrogens with one attached hydrogen (secondary N) is 2. The SMILES string of the molecule is O=C(N/N=C/c1cccc(OC(=O)c2ccccc2Cl)c1)C(=O)Nc1ccccc1Cl. The van der Waals surface area contributed by atoms with Crippen LogP contribution in [0.1, 0.15) is 15.9 Å². The second kappa shape index (κ2) is 10.4. The van der Waals surface area contributed by atoms with Gasteiger partial charge in [0.1, 0.15) is 5.75 Å². The number of hydrogen-bond acceptors (Lipinski definition) is 5. The van der Waals surface area contributed by atoms with Crippen molar-refractivity contribution >= 4 is 52.9 Å². The van der Waals surface area contributed by atoms with Gasteiger partial charge in [-0.15, -0.1) is 0 Å². The molecular weight excluding hydrogens is 441 g/mol. The summed E-state index contributed by atoms with van der Waals surface area (Å²) in [6.07, 6.45) is 1.30. The van der Waals surface area contributed by atoms with Gasteiger partial charge in [0, 0.05) is 0 Å². The maximum atomic E-state index is 12.2. The van der Waals surface area contributed by atoms with Gasteiger partial charge in [-0.3, -0.25) is 9.59 Å². The molecule has 0 aliphatic rings. The molecule has 0 unspecified atom stereocenters. The van der Waals surface area contributed by atoms with Crippen LogP contribution in [0.15, 0.2) is 77.9 Å². The lowest BCUT2D eigenvalue weighted by Gasteiger charge is -2.06. The van der Waals surface area contributed by atoms with E-state index in [0.717, 1.165) is 0 Å². The Bertz CT molecular complexity index is 1160. The van der Waals surface area contributed by atoms with Crippen LogP contribution in [0.25, 0.3) is 0 Å². The quantitative estimate of drug-likeness (QED) is 0.197. The number of esters is 1. The summed E-state index contributed by atoms with van der Waals surface area (Å²) in [5.41, 5.74) is 3.18. The Hall–Kier alpha value is -3.68. The molecule has 7 nitrogen and oxygen atoms in total. The van der Waals surface area contributed by atoms with Gasteiger partial charge in [0.25, 0.3) is 0 Å². The second-order valence-electron chi connectivity index (χ2n) is 6.07. The normalized spacial score (nSPS) is 10.5. The van der Waals surface area contributed by atoms with Crippen LogP contribution >= 0.6 is 23.2 Å². The van der Waals surface area contributed by atoms with Crippen LogP contribution in [-0.2, 0) is 9.59 Å². The lowest BCUT2D eigenvalue weighted by molar-refractivity contribution is -0.136. The van der Waals surface area contributed by atoms with Crippen molar-refractivity contribution in [2.45, 2.75) is 0 Å². The molecular formula is C22H15Cl2N3O4. The maximum Gasteiger partial charge on any atom is 0.345 e. The average molecular weight is 456 g/mol. The van der Waals surface area contributed by atoms with Crippen molar-refractivity contribution < 1.29 is 19.1 Å². The first-order chi connectivity index (χ1) is 14.9. The van der Waals surface area contributed by atoms with Crippen molar-refractivity contribution in [2.24, 2.45) is 5.10 Å². The summed E-state index contributed by atoms with van der Waals surface area (Å²) < 4.78 is 5.32. The van der Waals surface area contributed by atoms with Crippen LogP contribution < -0.4 is 15.5 Å². The summed E-state index contributed by atoms with van der Waals surface area (Å²) in [5, 5.41) is 6.71. The van der Waals surface area contributed by atoms with Crippen LogP contribution in [0.3, 0.4) is 0 Å². The molecule has 0 atom stereocenters. The van der Waals surface area contributed by atoms with Crippen LogP contribution in [0.2, 0.25) is 10.0 Å². The number of para-hydroxylation sites is 1. The molecule has 9 heteroatoms. The lowest BCUT2D eigenvalue weighted by atomic mass is 10.2. The fourth-order valence-electron chi connectivity index (χ4n) is 2.40. The fraction of sp³-hybridized carbons (Fsp3) is 0. The molecule has 0 radical (unpaired) electrons. The Kier molecular flexibility index (Phi) is 7.37. The van der Waals surface area contributed by atoms with Gasteiger partial charge in [-0.05, 0) is 42.0 Å². The number of carbonyl (C=O) groups is 3. The molecule has 0 saturated heterocycles. The third-order valence-electron chi connectivity index (χ3n) is 3.87. The summed E-state index contributed by atoms with van der Waals surface area (Å²) in [4.78, 5) is 36.1. The van der Waals surface area contributed by atoms with E-state index in [4.69, 9.17) is 27.9 Å². The van der Waals surface area contributed by atoms with Crippen molar-refractivity contribution in [2.75, 3.05) is 5.32 Å². The molecule has 0 saturated carbocycles. The average Bonchev–Trinajstić information content (AvgIpc) is 2.75. The highest BCUT2D eigenvalue weighted by Crippen LogP contribution is 2.20. The minimum absolute atomic E-state index is 0.236. The van der Waals surface area contributed by atoms with Crippen LogP contribution in [0, 0.1) is 0 Å². The molecule has 3 aromatic rings. The molecule has 0 fully saturated rings. The molecule has 31 heavy (non-hydrogen) atoms. The molecule has 2 N–H and O–H groups in total. The van der Waals surface area contributed by atoms with Gasteiger partial charge in [0.05, 0.1) is 27.5 Å². The summed E-state index contributed by atoms with van der Waals surface area (Å²) in [5.74, 6) is -2.24. The molecule has 3 aromatic carbocycles. The molecule has 0 aliphatic carbocycles. The lowest BCUT2D eigenvalue weighted by Crippen LogP contribution is -2.32. The molecule has 3 rings (SSSR count). The van der Waals surface area contributed by atoms with E-state index in [1.54, 1.807) is 66.7 Å². The number of amides is 2. The van der Waals surface area contributed by atoms with Crippen molar-refractivity contribution in [1.29, 1.82) is 0 Å². The molecule has 2 amide bonds. The number of hydrogen-bond donors (Lipinski definition) is 2. The number of ether oxygens (including phenoxy) is 1. The topological polar surface area (TPSA) is 96.9 Å². The number of benzene rings is 3. The van der Waals surface area contributed by atoms with Crippen LogP contribution in [0.4, 0.5) is 5.69 Å². The van der Waals surface area contributed by atoms with E-state index in [-0.39, 0.29) is 16.3 Å². The molecule has 156 valence electrons. The molecule has 0 aliphatic heterocycles. The van der Waals surface area contributed by atoms with Crippen molar-refractivity contribution in [1.82, 2.24) is 5.43 Å². The number of anilines is 1. The van der Waals surface area contributed by atoms with Gasteiger partial charge in [0.2, 0.25) is 0 Å². The second-order valence-corrected chi connectivity index (χ2v) is 6.89. The molecule has 0 heterocycles. The predicted molar refractivity (Wildman–Crippen MR) is 119 cm³/mol.